The van der Waals surface area contributed by atoms with E-state index in [0.717, 1.165) is 24.9 Å². The molecule has 0 aliphatic rings. The summed E-state index contributed by atoms with van der Waals surface area (Å²) in [6, 6.07) is 6.70. The van der Waals surface area contributed by atoms with Gasteiger partial charge in [0.25, 0.3) is 0 Å². The summed E-state index contributed by atoms with van der Waals surface area (Å²) in [5.41, 5.74) is 6.62. The maximum Gasteiger partial charge on any atom is 0.123 e. The van der Waals surface area contributed by atoms with Crippen LogP contribution in [0.3, 0.4) is 0 Å². The molecule has 2 nitrogen and oxygen atoms in total. The largest absolute Gasteiger partial charge is 0.329 e. The van der Waals surface area contributed by atoms with Gasteiger partial charge in [-0.1, -0.05) is 24.3 Å². The summed E-state index contributed by atoms with van der Waals surface area (Å²) in [5, 5.41) is 3.45. The third-order valence-electron chi connectivity index (χ3n) is 3.03. The maximum atomic E-state index is 13.1. The van der Waals surface area contributed by atoms with Gasteiger partial charge in [-0.3, -0.25) is 0 Å². The molecule has 0 spiro atoms. The third kappa shape index (κ3) is 4.98. The number of nitrogens with two attached hydrogens (primary N) is 1. The van der Waals surface area contributed by atoms with Gasteiger partial charge in [0, 0.05) is 12.1 Å². The molecule has 0 saturated carbocycles. The highest BCUT2D eigenvalue weighted by Gasteiger charge is 2.21. The molecule has 1 unspecified atom stereocenters. The van der Waals surface area contributed by atoms with Crippen molar-refractivity contribution in [3.05, 3.63) is 47.8 Å². The molecule has 3 N–H and O–H groups in total. The Hall–Kier alpha value is -1.19. The van der Waals surface area contributed by atoms with Crippen LogP contribution in [0.4, 0.5) is 4.39 Å². The normalized spacial score (nSPS) is 14.9. The number of rotatable bonds is 7. The van der Waals surface area contributed by atoms with E-state index < -0.39 is 0 Å². The van der Waals surface area contributed by atoms with Crippen molar-refractivity contribution in [1.82, 2.24) is 5.32 Å². The van der Waals surface area contributed by atoms with E-state index in [1.807, 2.05) is 19.1 Å². The first-order valence-electron chi connectivity index (χ1n) is 6.40. The number of hydrogen-bond donors (Lipinski definition) is 2. The molecule has 100 valence electrons. The lowest BCUT2D eigenvalue weighted by Gasteiger charge is -2.29. The van der Waals surface area contributed by atoms with Gasteiger partial charge in [-0.05, 0) is 50.9 Å². The van der Waals surface area contributed by atoms with Gasteiger partial charge in [-0.25, -0.2) is 4.39 Å². The number of benzene rings is 1. The molecule has 3 heteroatoms. The first-order chi connectivity index (χ1) is 8.59. The van der Waals surface area contributed by atoms with Crippen LogP contribution in [-0.2, 0) is 6.42 Å². The van der Waals surface area contributed by atoms with Crippen molar-refractivity contribution in [2.75, 3.05) is 13.1 Å². The molecule has 1 atom stereocenters. The fraction of sp³-hybridized carbons (Fsp3) is 0.467. The Morgan fingerprint density at radius 1 is 1.44 bits per heavy atom. The average molecular weight is 250 g/mol. The molecule has 1 aromatic carbocycles. The zero-order valence-electron chi connectivity index (χ0n) is 11.2. The lowest BCUT2D eigenvalue weighted by Crippen LogP contribution is -2.50. The minimum absolute atomic E-state index is 0.185. The van der Waals surface area contributed by atoms with E-state index in [9.17, 15) is 4.39 Å². The van der Waals surface area contributed by atoms with Crippen LogP contribution >= 0.6 is 0 Å². The van der Waals surface area contributed by atoms with E-state index in [1.165, 1.54) is 6.07 Å². The monoisotopic (exact) mass is 250 g/mol. The third-order valence-corrected chi connectivity index (χ3v) is 3.03. The lowest BCUT2D eigenvalue weighted by atomic mass is 9.92. The molecule has 0 fully saturated rings. The van der Waals surface area contributed by atoms with E-state index in [4.69, 9.17) is 5.73 Å². The highest BCUT2D eigenvalue weighted by molar-refractivity contribution is 5.19. The topological polar surface area (TPSA) is 38.0 Å². The molecule has 0 amide bonds. The number of nitrogens with one attached hydrogen (secondary N) is 1. The lowest BCUT2D eigenvalue weighted by molar-refractivity contribution is 0.365. The molecule has 0 aliphatic carbocycles. The predicted molar refractivity (Wildman–Crippen MR) is 75.0 cm³/mol. The van der Waals surface area contributed by atoms with E-state index in [-0.39, 0.29) is 11.4 Å². The molecule has 18 heavy (non-hydrogen) atoms. The average Bonchev–Trinajstić information content (AvgIpc) is 2.35. The Bertz CT molecular complexity index is 390. The number of hydrogen-bond acceptors (Lipinski definition) is 2. The molecule has 0 bridgehead atoms. The zero-order chi connectivity index (χ0) is 13.4. The van der Waals surface area contributed by atoms with Crippen molar-refractivity contribution in [3.8, 4) is 0 Å². The Balaban J connectivity index is 2.58. The van der Waals surface area contributed by atoms with Crippen LogP contribution in [0.1, 0.15) is 25.8 Å². The smallest absolute Gasteiger partial charge is 0.123 e. The molecule has 0 aliphatic heterocycles. The van der Waals surface area contributed by atoms with Crippen LogP contribution in [0.2, 0.25) is 0 Å². The summed E-state index contributed by atoms with van der Waals surface area (Å²) < 4.78 is 13.1. The first kappa shape index (κ1) is 14.9. The minimum Gasteiger partial charge on any atom is -0.329 e. The molecule has 0 radical (unpaired) electrons. The van der Waals surface area contributed by atoms with E-state index in [1.54, 1.807) is 12.1 Å². The number of allylic oxidation sites excluding steroid dienone is 1. The standard InChI is InChI=1S/C15H23FN2/c1-3-4-5-9-18-15(2,12-17)11-13-7-6-8-14(16)10-13/h3-4,6-8,10,18H,5,9,11-12,17H2,1-2H3/b4-3+. The summed E-state index contributed by atoms with van der Waals surface area (Å²) in [6.07, 6.45) is 5.87. The van der Waals surface area contributed by atoms with Gasteiger partial charge >= 0.3 is 0 Å². The molecular formula is C15H23FN2. The second kappa shape index (κ2) is 7.29. The molecule has 1 rings (SSSR count). The van der Waals surface area contributed by atoms with Crippen LogP contribution in [0.5, 0.6) is 0 Å². The molecule has 0 aromatic heterocycles. The van der Waals surface area contributed by atoms with Crippen LogP contribution in [0.15, 0.2) is 36.4 Å². The predicted octanol–water partition coefficient (Wildman–Crippen LogP) is 2.64. The molecule has 0 heterocycles. The Kier molecular flexibility index (Phi) is 6.02. The summed E-state index contributed by atoms with van der Waals surface area (Å²) in [4.78, 5) is 0. The second-order valence-corrected chi connectivity index (χ2v) is 4.86. The van der Waals surface area contributed by atoms with Gasteiger partial charge in [-0.15, -0.1) is 0 Å². The highest BCUT2D eigenvalue weighted by atomic mass is 19.1. The quantitative estimate of drug-likeness (QED) is 0.577. The number of halogens is 1. The van der Waals surface area contributed by atoms with Crippen LogP contribution < -0.4 is 11.1 Å². The van der Waals surface area contributed by atoms with Gasteiger partial charge < -0.3 is 11.1 Å². The minimum atomic E-state index is -0.194. The zero-order valence-corrected chi connectivity index (χ0v) is 11.2. The Morgan fingerprint density at radius 2 is 2.22 bits per heavy atom. The fourth-order valence-electron chi connectivity index (χ4n) is 1.93. The summed E-state index contributed by atoms with van der Waals surface area (Å²) in [7, 11) is 0. The van der Waals surface area contributed by atoms with Crippen molar-refractivity contribution < 1.29 is 4.39 Å². The summed E-state index contributed by atoms with van der Waals surface area (Å²) in [5.74, 6) is -0.194. The van der Waals surface area contributed by atoms with E-state index >= 15 is 0 Å². The SMILES string of the molecule is C/C=C/CCNC(C)(CN)Cc1cccc(F)c1. The van der Waals surface area contributed by atoms with E-state index in [0.29, 0.717) is 6.54 Å². The van der Waals surface area contributed by atoms with Crippen molar-refractivity contribution in [2.24, 2.45) is 5.73 Å². The van der Waals surface area contributed by atoms with Gasteiger partial charge in [-0.2, -0.15) is 0 Å². The Labute approximate surface area is 109 Å². The fourth-order valence-corrected chi connectivity index (χ4v) is 1.93. The summed E-state index contributed by atoms with van der Waals surface area (Å²) in [6.45, 7) is 5.50. The first-order valence-corrected chi connectivity index (χ1v) is 6.40. The van der Waals surface area contributed by atoms with Crippen molar-refractivity contribution >= 4 is 0 Å². The molecule has 1 aromatic rings. The van der Waals surface area contributed by atoms with Crippen molar-refractivity contribution in [2.45, 2.75) is 32.2 Å². The van der Waals surface area contributed by atoms with E-state index in [2.05, 4.69) is 18.3 Å². The Morgan fingerprint density at radius 3 is 2.83 bits per heavy atom. The molecular weight excluding hydrogens is 227 g/mol. The van der Waals surface area contributed by atoms with Crippen LogP contribution in [0.25, 0.3) is 0 Å². The van der Waals surface area contributed by atoms with Crippen LogP contribution in [0, 0.1) is 5.82 Å². The van der Waals surface area contributed by atoms with Crippen molar-refractivity contribution in [1.29, 1.82) is 0 Å². The second-order valence-electron chi connectivity index (χ2n) is 4.86. The van der Waals surface area contributed by atoms with Crippen molar-refractivity contribution in [3.63, 3.8) is 0 Å². The van der Waals surface area contributed by atoms with Gasteiger partial charge in [0.05, 0.1) is 0 Å². The summed E-state index contributed by atoms with van der Waals surface area (Å²) >= 11 is 0. The van der Waals surface area contributed by atoms with Gasteiger partial charge in [0.15, 0.2) is 0 Å². The van der Waals surface area contributed by atoms with Crippen LogP contribution in [-0.4, -0.2) is 18.6 Å². The van der Waals surface area contributed by atoms with Gasteiger partial charge in [0.2, 0.25) is 0 Å². The van der Waals surface area contributed by atoms with Gasteiger partial charge in [0.1, 0.15) is 5.82 Å². The molecule has 0 saturated heterocycles. The maximum absolute atomic E-state index is 13.1. The highest BCUT2D eigenvalue weighted by Crippen LogP contribution is 2.13.